The van der Waals surface area contributed by atoms with Gasteiger partial charge < -0.3 is 11.1 Å². The van der Waals surface area contributed by atoms with E-state index >= 15 is 0 Å². The molecule has 12 heteroatoms. The molecule has 0 aliphatic carbocycles. The van der Waals surface area contributed by atoms with Crippen LogP contribution in [0, 0.1) is 11.8 Å². The van der Waals surface area contributed by atoms with E-state index in [0.29, 0.717) is 37.6 Å². The van der Waals surface area contributed by atoms with Crippen molar-refractivity contribution in [3.63, 3.8) is 0 Å². The number of carbonyl (C=O) groups is 3. The molecule has 0 atom stereocenters. The molecule has 1 aromatic heterocycles. The monoisotopic (exact) mass is 625 g/mol. The first-order valence-electron chi connectivity index (χ1n) is 14.3. The van der Waals surface area contributed by atoms with Gasteiger partial charge >= 0.3 is 6.03 Å². The van der Waals surface area contributed by atoms with E-state index in [0.717, 1.165) is 17.0 Å². The van der Waals surface area contributed by atoms with Gasteiger partial charge in [0.25, 0.3) is 11.8 Å². The number of nitrogens with zero attached hydrogens (tertiary/aromatic N) is 2. The largest absolute Gasteiger partial charge is 0.351 e. The average molecular weight is 626 g/mol. The molecule has 0 spiro atoms. The maximum absolute atomic E-state index is 13.4. The molecule has 0 saturated carbocycles. The van der Waals surface area contributed by atoms with Crippen molar-refractivity contribution in [2.45, 2.75) is 52.1 Å². The van der Waals surface area contributed by atoms with Crippen molar-refractivity contribution in [1.29, 1.82) is 0 Å². The van der Waals surface area contributed by atoms with E-state index < -0.39 is 27.9 Å². The van der Waals surface area contributed by atoms with Gasteiger partial charge in [-0.2, -0.15) is 4.31 Å². The molecule has 0 radical (unpaired) electrons. The molecular weight excluding hydrogens is 587 g/mol. The standard InChI is InChI=1S/C31H39N5O5S2/c1-20(2)16-36(17-21(3)4)43(40,41)24-12-10-23(11-13-24)28(37)33-30-27(29(38)34-31(32)39)25-14-15-35(19-26(25)42-30)18-22-8-6-5-7-9-22/h5-13,20-21H,14-19H2,1-4H3,(H,33,37)(H3,32,34,38,39). The van der Waals surface area contributed by atoms with Crippen molar-refractivity contribution in [3.8, 4) is 0 Å². The van der Waals surface area contributed by atoms with Gasteiger partial charge in [0.15, 0.2) is 0 Å². The number of amides is 4. The van der Waals surface area contributed by atoms with Crippen LogP contribution in [0.25, 0.3) is 0 Å². The lowest BCUT2D eigenvalue weighted by molar-refractivity contribution is 0.0965. The van der Waals surface area contributed by atoms with E-state index in [1.807, 2.05) is 45.9 Å². The number of hydrogen-bond acceptors (Lipinski definition) is 7. The molecular formula is C31H39N5O5S2. The minimum absolute atomic E-state index is 0.108. The van der Waals surface area contributed by atoms with Crippen LogP contribution in [-0.4, -0.2) is 55.1 Å². The van der Waals surface area contributed by atoms with Crippen LogP contribution < -0.4 is 16.4 Å². The van der Waals surface area contributed by atoms with Crippen molar-refractivity contribution >= 4 is 44.2 Å². The van der Waals surface area contributed by atoms with Gasteiger partial charge in [-0.1, -0.05) is 58.0 Å². The second-order valence-corrected chi connectivity index (χ2v) is 14.6. The summed E-state index contributed by atoms with van der Waals surface area (Å²) in [6, 6.07) is 14.9. The van der Waals surface area contributed by atoms with Crippen LogP contribution in [0.4, 0.5) is 9.80 Å². The average Bonchev–Trinajstić information content (AvgIpc) is 3.29. The highest BCUT2D eigenvalue weighted by molar-refractivity contribution is 7.89. The summed E-state index contributed by atoms with van der Waals surface area (Å²) in [4.78, 5) is 41.1. The Balaban J connectivity index is 1.56. The molecule has 43 heavy (non-hydrogen) atoms. The van der Waals surface area contributed by atoms with Crippen molar-refractivity contribution < 1.29 is 22.8 Å². The number of anilines is 1. The minimum atomic E-state index is -3.75. The number of imide groups is 1. The molecule has 0 fully saturated rings. The van der Waals surface area contributed by atoms with Crippen molar-refractivity contribution in [2.24, 2.45) is 17.6 Å². The van der Waals surface area contributed by atoms with Gasteiger partial charge in [0.2, 0.25) is 10.0 Å². The van der Waals surface area contributed by atoms with Crippen LogP contribution in [-0.2, 0) is 29.5 Å². The molecule has 4 rings (SSSR count). The van der Waals surface area contributed by atoms with Crippen LogP contribution in [0.15, 0.2) is 59.5 Å². The highest BCUT2D eigenvalue weighted by Crippen LogP contribution is 2.38. The Labute approximate surface area is 257 Å². The summed E-state index contributed by atoms with van der Waals surface area (Å²) in [6.07, 6.45) is 0.561. The fourth-order valence-electron chi connectivity index (χ4n) is 5.12. The Morgan fingerprint density at radius 3 is 2.16 bits per heavy atom. The first-order chi connectivity index (χ1) is 20.3. The third-order valence-corrected chi connectivity index (χ3v) is 9.95. The van der Waals surface area contributed by atoms with Crippen molar-refractivity contribution in [3.05, 3.63) is 81.7 Å². The van der Waals surface area contributed by atoms with E-state index in [1.165, 1.54) is 45.5 Å². The summed E-state index contributed by atoms with van der Waals surface area (Å²) < 4.78 is 28.2. The lowest BCUT2D eigenvalue weighted by Gasteiger charge is -2.27. The van der Waals surface area contributed by atoms with E-state index in [2.05, 4.69) is 27.7 Å². The maximum atomic E-state index is 13.4. The van der Waals surface area contributed by atoms with E-state index in [-0.39, 0.29) is 27.9 Å². The molecule has 2 aromatic carbocycles. The lowest BCUT2D eigenvalue weighted by Crippen LogP contribution is -2.37. The molecule has 4 N–H and O–H groups in total. The number of nitrogens with one attached hydrogen (secondary N) is 2. The zero-order valence-electron chi connectivity index (χ0n) is 24.9. The van der Waals surface area contributed by atoms with Gasteiger partial charge in [-0.3, -0.25) is 19.8 Å². The van der Waals surface area contributed by atoms with Crippen molar-refractivity contribution in [2.75, 3.05) is 25.0 Å². The topological polar surface area (TPSA) is 142 Å². The molecule has 3 aromatic rings. The van der Waals surface area contributed by atoms with Gasteiger partial charge in [0.05, 0.1) is 10.5 Å². The van der Waals surface area contributed by atoms with Crippen LogP contribution in [0.5, 0.6) is 0 Å². The number of benzene rings is 2. The SMILES string of the molecule is CC(C)CN(CC(C)C)S(=O)(=O)c1ccc(C(=O)Nc2sc3c(c2C(=O)NC(N)=O)CCN(Cc2ccccc2)C3)cc1. The highest BCUT2D eigenvalue weighted by atomic mass is 32.2. The van der Waals surface area contributed by atoms with Gasteiger partial charge in [-0.25, -0.2) is 13.2 Å². The minimum Gasteiger partial charge on any atom is -0.351 e. The van der Waals surface area contributed by atoms with Gasteiger partial charge in [0, 0.05) is 43.2 Å². The van der Waals surface area contributed by atoms with E-state index in [9.17, 15) is 22.8 Å². The first-order valence-corrected chi connectivity index (χ1v) is 16.5. The number of hydrogen-bond donors (Lipinski definition) is 3. The summed E-state index contributed by atoms with van der Waals surface area (Å²) in [6.45, 7) is 10.7. The van der Waals surface area contributed by atoms with Crippen LogP contribution in [0.1, 0.15) is 64.4 Å². The number of rotatable bonds is 11. The smallest absolute Gasteiger partial charge is 0.319 e. The van der Waals surface area contributed by atoms with Crippen LogP contribution in [0.3, 0.4) is 0 Å². The Bertz CT molecular complexity index is 1560. The molecule has 10 nitrogen and oxygen atoms in total. The maximum Gasteiger partial charge on any atom is 0.319 e. The third kappa shape index (κ3) is 8.08. The number of thiophene rings is 1. The fraction of sp³-hybridized carbons (Fsp3) is 0.387. The third-order valence-electron chi connectivity index (χ3n) is 6.97. The summed E-state index contributed by atoms with van der Waals surface area (Å²) in [5.74, 6) is -0.866. The number of primary amides is 1. The van der Waals surface area contributed by atoms with Gasteiger partial charge in [-0.05, 0) is 53.6 Å². The highest BCUT2D eigenvalue weighted by Gasteiger charge is 2.30. The predicted molar refractivity (Wildman–Crippen MR) is 168 cm³/mol. The molecule has 1 aliphatic rings. The second kappa shape index (κ2) is 13.8. The first kappa shape index (κ1) is 32.3. The molecule has 0 bridgehead atoms. The fourth-order valence-corrected chi connectivity index (χ4v) is 8.17. The Morgan fingerprint density at radius 2 is 1.58 bits per heavy atom. The second-order valence-electron chi connectivity index (χ2n) is 11.6. The number of nitrogens with two attached hydrogens (primary N) is 1. The molecule has 4 amide bonds. The molecule has 1 aliphatic heterocycles. The number of fused-ring (bicyclic) bond motifs is 1. The normalized spacial score (nSPS) is 13.7. The Kier molecular flexibility index (Phi) is 10.4. The van der Waals surface area contributed by atoms with Gasteiger partial charge in [0.1, 0.15) is 5.00 Å². The number of carbonyl (C=O) groups excluding carboxylic acids is 3. The summed E-state index contributed by atoms with van der Waals surface area (Å²) in [7, 11) is -3.75. The van der Waals surface area contributed by atoms with E-state index in [1.54, 1.807) is 0 Å². The quantitative estimate of drug-likeness (QED) is 0.283. The zero-order valence-corrected chi connectivity index (χ0v) is 26.6. The number of urea groups is 1. The number of sulfonamides is 1. The molecule has 0 saturated heterocycles. The van der Waals surface area contributed by atoms with Crippen molar-refractivity contribution in [1.82, 2.24) is 14.5 Å². The summed E-state index contributed by atoms with van der Waals surface area (Å²) in [5.41, 5.74) is 7.64. The molecule has 2 heterocycles. The lowest BCUT2D eigenvalue weighted by atomic mass is 10.0. The predicted octanol–water partition coefficient (Wildman–Crippen LogP) is 4.67. The summed E-state index contributed by atoms with van der Waals surface area (Å²) in [5, 5.41) is 5.27. The van der Waals surface area contributed by atoms with Crippen LogP contribution >= 0.6 is 11.3 Å². The summed E-state index contributed by atoms with van der Waals surface area (Å²) >= 11 is 1.29. The molecule has 0 unspecified atom stereocenters. The van der Waals surface area contributed by atoms with E-state index in [4.69, 9.17) is 5.73 Å². The Hall–Kier alpha value is -3.58. The van der Waals surface area contributed by atoms with Crippen LogP contribution in [0.2, 0.25) is 0 Å². The van der Waals surface area contributed by atoms with Gasteiger partial charge in [-0.15, -0.1) is 11.3 Å². The molecule has 230 valence electrons. The zero-order chi connectivity index (χ0) is 31.3. The Morgan fingerprint density at radius 1 is 0.953 bits per heavy atom.